The maximum atomic E-state index is 10.9. The molecule has 0 aromatic carbocycles. The molecule has 0 amide bonds. The highest BCUT2D eigenvalue weighted by atomic mass is 16.1. The number of carbonyl (C=O) groups excluding carboxylic acids is 2. The van der Waals surface area contributed by atoms with Gasteiger partial charge in [0.15, 0.2) is 5.78 Å². The molecule has 1 rings (SSSR count). The van der Waals surface area contributed by atoms with Gasteiger partial charge in [-0.3, -0.25) is 4.79 Å². The van der Waals surface area contributed by atoms with Crippen molar-refractivity contribution in [2.75, 3.05) is 0 Å². The number of aromatic nitrogens is 1. The highest BCUT2D eigenvalue weighted by Crippen LogP contribution is 1.99. The SMILES string of the molecule is CC(=O)c1ccc(C#CCC=O)nc1. The number of pyridine rings is 1. The molecule has 14 heavy (non-hydrogen) atoms. The predicted octanol–water partition coefficient (Wildman–Crippen LogP) is 1.22. The second-order valence-corrected chi connectivity index (χ2v) is 2.66. The van der Waals surface area contributed by atoms with Crippen LogP contribution in [0.3, 0.4) is 0 Å². The van der Waals surface area contributed by atoms with Gasteiger partial charge in [0.2, 0.25) is 0 Å². The van der Waals surface area contributed by atoms with E-state index in [1.807, 2.05) is 0 Å². The van der Waals surface area contributed by atoms with Crippen LogP contribution in [0, 0.1) is 11.8 Å². The number of hydrogen-bond acceptors (Lipinski definition) is 3. The summed E-state index contributed by atoms with van der Waals surface area (Å²) >= 11 is 0. The molecule has 0 saturated heterocycles. The maximum absolute atomic E-state index is 10.9. The van der Waals surface area contributed by atoms with E-state index in [4.69, 9.17) is 0 Å². The summed E-state index contributed by atoms with van der Waals surface area (Å²) in [5.41, 5.74) is 1.13. The first-order valence-electron chi connectivity index (χ1n) is 4.13. The van der Waals surface area contributed by atoms with E-state index in [0.29, 0.717) is 11.3 Å². The number of rotatable bonds is 2. The minimum absolute atomic E-state index is 0.0232. The van der Waals surface area contributed by atoms with E-state index in [1.165, 1.54) is 13.1 Å². The summed E-state index contributed by atoms with van der Waals surface area (Å²) in [4.78, 5) is 24.8. The number of hydrogen-bond donors (Lipinski definition) is 0. The Morgan fingerprint density at radius 2 is 2.36 bits per heavy atom. The molecule has 0 radical (unpaired) electrons. The Labute approximate surface area is 82.2 Å². The van der Waals surface area contributed by atoms with Crippen molar-refractivity contribution in [1.29, 1.82) is 0 Å². The molecule has 0 unspecified atom stereocenters. The molecule has 3 nitrogen and oxygen atoms in total. The molecule has 0 spiro atoms. The van der Waals surface area contributed by atoms with Crippen LogP contribution in [0.15, 0.2) is 18.3 Å². The molecule has 3 heteroatoms. The zero-order valence-corrected chi connectivity index (χ0v) is 7.78. The fraction of sp³-hybridized carbons (Fsp3) is 0.182. The minimum atomic E-state index is -0.0232. The number of ketones is 1. The fourth-order valence-electron chi connectivity index (χ4n) is 0.859. The molecule has 0 aliphatic heterocycles. The van der Waals surface area contributed by atoms with Crippen molar-refractivity contribution in [3.05, 3.63) is 29.6 Å². The van der Waals surface area contributed by atoms with Crippen molar-refractivity contribution in [2.45, 2.75) is 13.3 Å². The van der Waals surface area contributed by atoms with Gasteiger partial charge in [-0.05, 0) is 25.0 Å². The van der Waals surface area contributed by atoms with Crippen molar-refractivity contribution in [2.24, 2.45) is 0 Å². The van der Waals surface area contributed by atoms with Gasteiger partial charge in [-0.2, -0.15) is 0 Å². The normalized spacial score (nSPS) is 8.64. The van der Waals surface area contributed by atoms with Gasteiger partial charge in [0.05, 0.1) is 6.42 Å². The molecule has 0 aliphatic carbocycles. The van der Waals surface area contributed by atoms with E-state index >= 15 is 0 Å². The molecule has 0 bridgehead atoms. The molecule has 0 saturated carbocycles. The lowest BCUT2D eigenvalue weighted by molar-refractivity contribution is -0.107. The first-order valence-corrected chi connectivity index (χ1v) is 4.13. The average molecular weight is 187 g/mol. The van der Waals surface area contributed by atoms with E-state index in [1.54, 1.807) is 12.1 Å². The standard InChI is InChI=1S/C11H9NO2/c1-9(14)10-5-6-11(12-8-10)4-2-3-7-13/h5-8H,3H2,1H3. The van der Waals surface area contributed by atoms with Crippen LogP contribution in [-0.2, 0) is 4.79 Å². The van der Waals surface area contributed by atoms with Crippen LogP contribution in [0.5, 0.6) is 0 Å². The third-order valence-electron chi connectivity index (χ3n) is 1.57. The Morgan fingerprint density at radius 3 is 2.86 bits per heavy atom. The van der Waals surface area contributed by atoms with Gasteiger partial charge in [-0.25, -0.2) is 4.98 Å². The van der Waals surface area contributed by atoms with Gasteiger partial charge in [-0.15, -0.1) is 0 Å². The summed E-state index contributed by atoms with van der Waals surface area (Å²) in [6, 6.07) is 3.33. The Kier molecular flexibility index (Phi) is 3.57. The Hall–Kier alpha value is -1.95. The molecule has 0 N–H and O–H groups in total. The average Bonchev–Trinajstić information content (AvgIpc) is 2.19. The van der Waals surface area contributed by atoms with Crippen LogP contribution in [0.2, 0.25) is 0 Å². The lowest BCUT2D eigenvalue weighted by atomic mass is 10.2. The first kappa shape index (κ1) is 10.1. The molecule has 0 aliphatic rings. The summed E-state index contributed by atoms with van der Waals surface area (Å²) in [6.45, 7) is 1.48. The van der Waals surface area contributed by atoms with Crippen LogP contribution in [0.25, 0.3) is 0 Å². The molecule has 1 aromatic rings. The zero-order chi connectivity index (χ0) is 10.4. The Morgan fingerprint density at radius 1 is 1.57 bits per heavy atom. The predicted molar refractivity (Wildman–Crippen MR) is 51.8 cm³/mol. The first-order chi connectivity index (χ1) is 6.74. The number of nitrogens with zero attached hydrogens (tertiary/aromatic N) is 1. The molecule has 1 aromatic heterocycles. The van der Waals surface area contributed by atoms with E-state index in [2.05, 4.69) is 16.8 Å². The lowest BCUT2D eigenvalue weighted by Gasteiger charge is -1.93. The van der Waals surface area contributed by atoms with Crippen molar-refractivity contribution in [3.63, 3.8) is 0 Å². The highest BCUT2D eigenvalue weighted by Gasteiger charge is 1.97. The highest BCUT2D eigenvalue weighted by molar-refractivity contribution is 5.93. The van der Waals surface area contributed by atoms with E-state index in [-0.39, 0.29) is 12.2 Å². The van der Waals surface area contributed by atoms with Crippen LogP contribution in [0.4, 0.5) is 0 Å². The van der Waals surface area contributed by atoms with Crippen molar-refractivity contribution in [1.82, 2.24) is 4.98 Å². The molecule has 70 valence electrons. The summed E-state index contributed by atoms with van der Waals surface area (Å²) in [6.07, 6.45) is 2.42. The molecule has 0 atom stereocenters. The second-order valence-electron chi connectivity index (χ2n) is 2.66. The van der Waals surface area contributed by atoms with Crippen LogP contribution >= 0.6 is 0 Å². The number of Topliss-reactive ketones (excluding diaryl/α,β-unsaturated/α-hetero) is 1. The van der Waals surface area contributed by atoms with Crippen LogP contribution in [-0.4, -0.2) is 17.1 Å². The monoisotopic (exact) mass is 187 g/mol. The second kappa shape index (κ2) is 4.93. The molecule has 1 heterocycles. The van der Waals surface area contributed by atoms with Gasteiger partial charge in [-0.1, -0.05) is 5.92 Å². The zero-order valence-electron chi connectivity index (χ0n) is 7.78. The Bertz CT molecular complexity index is 396. The van der Waals surface area contributed by atoms with Gasteiger partial charge < -0.3 is 4.79 Å². The molecular formula is C11H9NO2. The van der Waals surface area contributed by atoms with E-state index < -0.39 is 0 Å². The quantitative estimate of drug-likeness (QED) is 0.397. The molecule has 0 fully saturated rings. The fourth-order valence-corrected chi connectivity index (χ4v) is 0.859. The lowest BCUT2D eigenvalue weighted by Crippen LogP contribution is -1.93. The molecular weight excluding hydrogens is 178 g/mol. The summed E-state index contributed by atoms with van der Waals surface area (Å²) in [7, 11) is 0. The van der Waals surface area contributed by atoms with Crippen molar-refractivity contribution >= 4 is 12.1 Å². The Balaban J connectivity index is 2.80. The van der Waals surface area contributed by atoms with Gasteiger partial charge in [0, 0.05) is 11.8 Å². The van der Waals surface area contributed by atoms with E-state index in [0.717, 1.165) is 6.29 Å². The van der Waals surface area contributed by atoms with Crippen molar-refractivity contribution in [3.8, 4) is 11.8 Å². The van der Waals surface area contributed by atoms with Crippen molar-refractivity contribution < 1.29 is 9.59 Å². The topological polar surface area (TPSA) is 47.0 Å². The largest absolute Gasteiger partial charge is 0.302 e. The van der Waals surface area contributed by atoms with Gasteiger partial charge in [0.25, 0.3) is 0 Å². The summed E-state index contributed by atoms with van der Waals surface area (Å²) in [5.74, 6) is 5.32. The van der Waals surface area contributed by atoms with Gasteiger partial charge in [0.1, 0.15) is 12.0 Å². The number of aldehydes is 1. The smallest absolute Gasteiger partial charge is 0.161 e. The van der Waals surface area contributed by atoms with Gasteiger partial charge >= 0.3 is 0 Å². The third kappa shape index (κ3) is 2.83. The minimum Gasteiger partial charge on any atom is -0.302 e. The maximum Gasteiger partial charge on any atom is 0.161 e. The summed E-state index contributed by atoms with van der Waals surface area (Å²) < 4.78 is 0. The third-order valence-corrected chi connectivity index (χ3v) is 1.57. The van der Waals surface area contributed by atoms with Crippen LogP contribution < -0.4 is 0 Å². The summed E-state index contributed by atoms with van der Waals surface area (Å²) in [5, 5.41) is 0. The van der Waals surface area contributed by atoms with E-state index in [9.17, 15) is 9.59 Å². The number of carbonyl (C=O) groups is 2. The van der Waals surface area contributed by atoms with Crippen LogP contribution in [0.1, 0.15) is 29.4 Å².